The summed E-state index contributed by atoms with van der Waals surface area (Å²) in [5.74, 6) is 1.15. The summed E-state index contributed by atoms with van der Waals surface area (Å²) in [6, 6.07) is 6.86. The first-order valence-electron chi connectivity index (χ1n) is 6.99. The predicted molar refractivity (Wildman–Crippen MR) is 89.3 cm³/mol. The molecule has 1 aromatic carbocycles. The lowest BCUT2D eigenvalue weighted by Crippen LogP contribution is -2.41. The topological polar surface area (TPSA) is 66.4 Å². The Morgan fingerprint density at radius 1 is 1.29 bits per heavy atom. The Hall–Kier alpha value is -0.560. The minimum Gasteiger partial charge on any atom is -0.389 e. The van der Waals surface area contributed by atoms with Crippen molar-refractivity contribution >= 4 is 21.8 Å². The molecule has 2 N–H and O–H groups in total. The van der Waals surface area contributed by atoms with Crippen LogP contribution in [-0.4, -0.2) is 37.7 Å². The summed E-state index contributed by atoms with van der Waals surface area (Å²) in [5, 5.41) is 10.1. The molecule has 1 atom stereocenters. The molecule has 0 saturated carbocycles. The normalized spacial score (nSPS) is 15.1. The van der Waals surface area contributed by atoms with Crippen molar-refractivity contribution in [2.75, 3.05) is 18.6 Å². The molecule has 0 aromatic heterocycles. The molecule has 0 heterocycles. The molecule has 0 aliphatic rings. The van der Waals surface area contributed by atoms with E-state index >= 15 is 0 Å². The molecule has 1 aromatic rings. The Bertz CT molecular complexity index is 537. The third-order valence-electron chi connectivity index (χ3n) is 3.34. The second kappa shape index (κ2) is 7.63. The zero-order chi connectivity index (χ0) is 16.1. The van der Waals surface area contributed by atoms with Gasteiger partial charge in [0.1, 0.15) is 0 Å². The van der Waals surface area contributed by atoms with Crippen LogP contribution >= 0.6 is 11.8 Å². The van der Waals surface area contributed by atoms with E-state index in [1.165, 1.54) is 0 Å². The second-order valence-corrected chi connectivity index (χ2v) is 8.54. The fourth-order valence-electron chi connectivity index (χ4n) is 1.78. The molecule has 21 heavy (non-hydrogen) atoms. The van der Waals surface area contributed by atoms with Gasteiger partial charge < -0.3 is 5.11 Å². The molecule has 0 aliphatic carbocycles. The summed E-state index contributed by atoms with van der Waals surface area (Å²) in [7, 11) is -3.58. The highest BCUT2D eigenvalue weighted by atomic mass is 32.2. The molecule has 0 fully saturated rings. The van der Waals surface area contributed by atoms with Gasteiger partial charge in [-0.1, -0.05) is 26.0 Å². The van der Waals surface area contributed by atoms with Gasteiger partial charge in [-0.15, -0.1) is 0 Å². The van der Waals surface area contributed by atoms with Crippen LogP contribution in [-0.2, 0) is 10.0 Å². The van der Waals surface area contributed by atoms with Crippen molar-refractivity contribution in [1.29, 1.82) is 0 Å². The molecular weight excluding hydrogens is 306 g/mol. The SMILES string of the molecule is CSCC[C@@](C)(O)CNS(=O)(=O)c1ccc(C(C)C)cc1. The largest absolute Gasteiger partial charge is 0.389 e. The first-order valence-corrected chi connectivity index (χ1v) is 9.86. The van der Waals surface area contributed by atoms with E-state index in [9.17, 15) is 13.5 Å². The van der Waals surface area contributed by atoms with Gasteiger partial charge in [-0.2, -0.15) is 11.8 Å². The molecule has 0 spiro atoms. The number of benzene rings is 1. The highest BCUT2D eigenvalue weighted by molar-refractivity contribution is 7.98. The average molecular weight is 332 g/mol. The highest BCUT2D eigenvalue weighted by Crippen LogP contribution is 2.18. The third kappa shape index (κ3) is 5.98. The van der Waals surface area contributed by atoms with Crippen LogP contribution in [0.5, 0.6) is 0 Å². The zero-order valence-electron chi connectivity index (χ0n) is 13.1. The van der Waals surface area contributed by atoms with Crippen molar-refractivity contribution in [2.45, 2.75) is 43.6 Å². The lowest BCUT2D eigenvalue weighted by molar-refractivity contribution is 0.0626. The molecule has 0 aliphatic heterocycles. The molecule has 0 radical (unpaired) electrons. The van der Waals surface area contributed by atoms with Crippen LogP contribution in [0, 0.1) is 0 Å². The van der Waals surface area contributed by atoms with E-state index in [2.05, 4.69) is 18.6 Å². The number of sulfonamides is 1. The minimum absolute atomic E-state index is 0.0157. The van der Waals surface area contributed by atoms with Gasteiger partial charge in [0, 0.05) is 6.54 Å². The minimum atomic E-state index is -3.58. The third-order valence-corrected chi connectivity index (χ3v) is 5.37. The van der Waals surface area contributed by atoms with Gasteiger partial charge in [-0.05, 0) is 49.0 Å². The Labute approximate surface area is 132 Å². The number of hydrogen-bond donors (Lipinski definition) is 2. The van der Waals surface area contributed by atoms with Crippen LogP contribution in [0.25, 0.3) is 0 Å². The quantitative estimate of drug-likeness (QED) is 0.768. The van der Waals surface area contributed by atoms with Gasteiger partial charge in [-0.25, -0.2) is 13.1 Å². The van der Waals surface area contributed by atoms with Crippen molar-refractivity contribution in [2.24, 2.45) is 0 Å². The molecule has 6 heteroatoms. The van der Waals surface area contributed by atoms with Crippen molar-refractivity contribution in [3.8, 4) is 0 Å². The van der Waals surface area contributed by atoms with Gasteiger partial charge in [0.25, 0.3) is 0 Å². The predicted octanol–water partition coefficient (Wildman–Crippen LogP) is 2.59. The van der Waals surface area contributed by atoms with Crippen molar-refractivity contribution < 1.29 is 13.5 Å². The maximum Gasteiger partial charge on any atom is 0.240 e. The molecule has 0 amide bonds. The average Bonchev–Trinajstić information content (AvgIpc) is 2.43. The molecule has 1 rings (SSSR count). The number of thioether (sulfide) groups is 1. The van der Waals surface area contributed by atoms with Crippen molar-refractivity contribution in [3.63, 3.8) is 0 Å². The maximum atomic E-state index is 12.2. The van der Waals surface area contributed by atoms with E-state index < -0.39 is 15.6 Å². The maximum absolute atomic E-state index is 12.2. The highest BCUT2D eigenvalue weighted by Gasteiger charge is 2.23. The van der Waals surface area contributed by atoms with Crippen LogP contribution in [0.15, 0.2) is 29.2 Å². The first-order chi connectivity index (χ1) is 9.68. The monoisotopic (exact) mass is 331 g/mol. The first kappa shape index (κ1) is 18.5. The summed E-state index contributed by atoms with van der Waals surface area (Å²) in [6.07, 6.45) is 2.50. The Kier molecular flexibility index (Phi) is 6.71. The van der Waals surface area contributed by atoms with Gasteiger partial charge in [0.2, 0.25) is 10.0 Å². The van der Waals surface area contributed by atoms with Gasteiger partial charge >= 0.3 is 0 Å². The molecular formula is C15H25NO3S2. The van der Waals surface area contributed by atoms with Crippen molar-refractivity contribution in [1.82, 2.24) is 4.72 Å². The summed E-state index contributed by atoms with van der Waals surface area (Å²) in [4.78, 5) is 0.229. The van der Waals surface area contributed by atoms with Crippen LogP contribution < -0.4 is 4.72 Å². The van der Waals surface area contributed by atoms with E-state index in [1.807, 2.05) is 18.4 Å². The standard InChI is InChI=1S/C15H25NO3S2/c1-12(2)13-5-7-14(8-6-13)21(18,19)16-11-15(3,17)9-10-20-4/h5-8,12,16-17H,9-11H2,1-4H3/t15-/m1/s1. The lowest BCUT2D eigenvalue weighted by Gasteiger charge is -2.23. The molecule has 0 unspecified atom stereocenters. The van der Waals surface area contributed by atoms with E-state index in [-0.39, 0.29) is 11.4 Å². The van der Waals surface area contributed by atoms with Crippen LogP contribution in [0.2, 0.25) is 0 Å². The molecule has 4 nitrogen and oxygen atoms in total. The number of rotatable bonds is 8. The van der Waals surface area contributed by atoms with Gasteiger partial charge in [-0.3, -0.25) is 0 Å². The summed E-state index contributed by atoms with van der Waals surface area (Å²) in [5.41, 5.74) is 0.0643. The number of aliphatic hydroxyl groups is 1. The zero-order valence-corrected chi connectivity index (χ0v) is 14.7. The van der Waals surface area contributed by atoms with Gasteiger partial charge in [0.15, 0.2) is 0 Å². The Balaban J connectivity index is 2.73. The Morgan fingerprint density at radius 2 is 1.86 bits per heavy atom. The van der Waals surface area contributed by atoms with E-state index in [4.69, 9.17) is 0 Å². The molecule has 0 saturated heterocycles. The fraction of sp³-hybridized carbons (Fsp3) is 0.600. The number of hydrogen-bond acceptors (Lipinski definition) is 4. The number of nitrogens with one attached hydrogen (secondary N) is 1. The molecule has 0 bridgehead atoms. The van der Waals surface area contributed by atoms with Gasteiger partial charge in [0.05, 0.1) is 10.5 Å². The molecule has 120 valence electrons. The fourth-order valence-corrected chi connectivity index (χ4v) is 3.58. The van der Waals surface area contributed by atoms with Crippen LogP contribution in [0.1, 0.15) is 38.7 Å². The van der Waals surface area contributed by atoms with E-state index in [0.29, 0.717) is 12.3 Å². The van der Waals surface area contributed by atoms with Crippen LogP contribution in [0.3, 0.4) is 0 Å². The van der Waals surface area contributed by atoms with E-state index in [1.54, 1.807) is 30.8 Å². The Morgan fingerprint density at radius 3 is 2.33 bits per heavy atom. The smallest absolute Gasteiger partial charge is 0.240 e. The van der Waals surface area contributed by atoms with E-state index in [0.717, 1.165) is 11.3 Å². The van der Waals surface area contributed by atoms with Crippen molar-refractivity contribution in [3.05, 3.63) is 29.8 Å². The summed E-state index contributed by atoms with van der Waals surface area (Å²) in [6.45, 7) is 5.78. The summed E-state index contributed by atoms with van der Waals surface area (Å²) >= 11 is 1.63. The van der Waals surface area contributed by atoms with Crippen LogP contribution in [0.4, 0.5) is 0 Å². The summed E-state index contributed by atoms with van der Waals surface area (Å²) < 4.78 is 26.9. The second-order valence-electron chi connectivity index (χ2n) is 5.79. The lowest BCUT2D eigenvalue weighted by atomic mass is 10.0.